The SMILES string of the molecule is CC1(c2ccccc2)N=C(Cl)Nc2c1sc1ccccc21. The van der Waals surface area contributed by atoms with Crippen LogP contribution in [0.4, 0.5) is 5.69 Å². The van der Waals surface area contributed by atoms with Crippen LogP contribution in [0.25, 0.3) is 10.1 Å². The monoisotopic (exact) mass is 312 g/mol. The van der Waals surface area contributed by atoms with Gasteiger partial charge in [-0.05, 0) is 30.2 Å². The topological polar surface area (TPSA) is 24.4 Å². The Bertz CT molecular complexity index is 854. The molecule has 1 unspecified atom stereocenters. The lowest BCUT2D eigenvalue weighted by Gasteiger charge is -2.30. The molecule has 0 fully saturated rings. The minimum Gasteiger partial charge on any atom is -0.329 e. The van der Waals surface area contributed by atoms with Crippen molar-refractivity contribution in [3.05, 3.63) is 65.0 Å². The van der Waals surface area contributed by atoms with Gasteiger partial charge in [-0.2, -0.15) is 0 Å². The summed E-state index contributed by atoms with van der Waals surface area (Å²) >= 11 is 8.05. The van der Waals surface area contributed by atoms with Gasteiger partial charge in [-0.25, -0.2) is 4.99 Å². The second kappa shape index (κ2) is 4.58. The normalized spacial score (nSPS) is 20.8. The van der Waals surface area contributed by atoms with Gasteiger partial charge in [0.15, 0.2) is 5.29 Å². The van der Waals surface area contributed by atoms with E-state index < -0.39 is 5.54 Å². The third kappa shape index (κ3) is 1.88. The molecule has 0 spiro atoms. The number of aliphatic imine (C=N–C) groups is 1. The van der Waals surface area contributed by atoms with Crippen molar-refractivity contribution >= 4 is 44.0 Å². The first-order valence-corrected chi connectivity index (χ1v) is 7.98. The van der Waals surface area contributed by atoms with Crippen molar-refractivity contribution in [1.29, 1.82) is 0 Å². The molecule has 0 amide bonds. The van der Waals surface area contributed by atoms with Crippen LogP contribution in [0.15, 0.2) is 59.6 Å². The summed E-state index contributed by atoms with van der Waals surface area (Å²) in [4.78, 5) is 5.91. The summed E-state index contributed by atoms with van der Waals surface area (Å²) in [6.45, 7) is 2.12. The maximum Gasteiger partial charge on any atom is 0.197 e. The number of fused-ring (bicyclic) bond motifs is 3. The highest BCUT2D eigenvalue weighted by molar-refractivity contribution is 7.20. The van der Waals surface area contributed by atoms with Crippen molar-refractivity contribution in [1.82, 2.24) is 0 Å². The van der Waals surface area contributed by atoms with Crippen LogP contribution >= 0.6 is 22.9 Å². The molecule has 1 aliphatic rings. The highest BCUT2D eigenvalue weighted by atomic mass is 35.5. The minimum atomic E-state index is -0.442. The molecule has 1 aromatic heterocycles. The van der Waals surface area contributed by atoms with Gasteiger partial charge in [0.1, 0.15) is 5.54 Å². The Balaban J connectivity index is 2.03. The maximum atomic E-state index is 6.28. The van der Waals surface area contributed by atoms with E-state index in [1.54, 1.807) is 11.3 Å². The Hall–Kier alpha value is -1.84. The number of amidine groups is 1. The molecule has 0 bridgehead atoms. The van der Waals surface area contributed by atoms with Crippen LogP contribution in [0.2, 0.25) is 0 Å². The highest BCUT2D eigenvalue weighted by Crippen LogP contribution is 2.48. The predicted molar refractivity (Wildman–Crippen MR) is 91.6 cm³/mol. The Kier molecular flexibility index (Phi) is 2.81. The molecule has 2 nitrogen and oxygen atoms in total. The quantitative estimate of drug-likeness (QED) is 0.615. The van der Waals surface area contributed by atoms with Crippen molar-refractivity contribution < 1.29 is 0 Å². The average molecular weight is 313 g/mol. The molecule has 0 aliphatic carbocycles. The minimum absolute atomic E-state index is 0.442. The summed E-state index contributed by atoms with van der Waals surface area (Å²) in [5, 5.41) is 4.88. The van der Waals surface area contributed by atoms with Crippen LogP contribution in [0.1, 0.15) is 17.4 Å². The van der Waals surface area contributed by atoms with Crippen molar-refractivity contribution in [3.8, 4) is 0 Å². The summed E-state index contributed by atoms with van der Waals surface area (Å²) < 4.78 is 1.25. The number of benzene rings is 2. The van der Waals surface area contributed by atoms with E-state index in [4.69, 9.17) is 16.6 Å². The summed E-state index contributed by atoms with van der Waals surface area (Å²) in [6, 6.07) is 18.7. The van der Waals surface area contributed by atoms with Gasteiger partial charge >= 0.3 is 0 Å². The molecule has 1 atom stereocenters. The summed E-state index contributed by atoms with van der Waals surface area (Å²) in [6.07, 6.45) is 0. The number of rotatable bonds is 1. The molecule has 1 N–H and O–H groups in total. The number of anilines is 1. The number of nitrogens with zero attached hydrogens (tertiary/aromatic N) is 1. The van der Waals surface area contributed by atoms with E-state index in [1.807, 2.05) is 18.2 Å². The first-order chi connectivity index (χ1) is 10.2. The standard InChI is InChI=1S/C17H13ClN2S/c1-17(11-7-3-2-4-8-11)15-14(19-16(18)20-17)12-9-5-6-10-13(12)21-15/h2-10H,1H3,(H,19,20). The van der Waals surface area contributed by atoms with Gasteiger partial charge in [0.2, 0.25) is 0 Å². The zero-order valence-electron chi connectivity index (χ0n) is 11.4. The maximum absolute atomic E-state index is 6.28. The Labute approximate surface area is 132 Å². The lowest BCUT2D eigenvalue weighted by molar-refractivity contribution is 0.619. The van der Waals surface area contributed by atoms with Crippen LogP contribution in [-0.2, 0) is 5.54 Å². The first kappa shape index (κ1) is 12.9. The van der Waals surface area contributed by atoms with Gasteiger partial charge in [-0.3, -0.25) is 0 Å². The molecular formula is C17H13ClN2S. The molecule has 0 saturated heterocycles. The average Bonchev–Trinajstić information content (AvgIpc) is 2.88. The Morgan fingerprint density at radius 2 is 1.76 bits per heavy atom. The summed E-state index contributed by atoms with van der Waals surface area (Å²) in [5.41, 5.74) is 1.79. The molecule has 104 valence electrons. The number of thiophene rings is 1. The number of hydrogen-bond donors (Lipinski definition) is 1. The fourth-order valence-corrected chi connectivity index (χ4v) is 4.38. The van der Waals surface area contributed by atoms with Crippen molar-refractivity contribution in [2.24, 2.45) is 4.99 Å². The second-order valence-electron chi connectivity index (χ2n) is 5.27. The highest BCUT2D eigenvalue weighted by Gasteiger charge is 2.37. The molecule has 4 heteroatoms. The summed E-state index contributed by atoms with van der Waals surface area (Å²) in [5.74, 6) is 0. The third-order valence-corrected chi connectivity index (χ3v) is 5.48. The molecular weight excluding hydrogens is 300 g/mol. The molecule has 2 aromatic carbocycles. The van der Waals surface area contributed by atoms with E-state index in [0.29, 0.717) is 5.29 Å². The van der Waals surface area contributed by atoms with Gasteiger partial charge in [0, 0.05) is 10.1 Å². The van der Waals surface area contributed by atoms with Gasteiger partial charge in [0.05, 0.1) is 10.6 Å². The van der Waals surface area contributed by atoms with Crippen LogP contribution < -0.4 is 5.32 Å². The zero-order chi connectivity index (χ0) is 14.4. The molecule has 2 heterocycles. The fraction of sp³-hybridized carbons (Fsp3) is 0.118. The predicted octanol–water partition coefficient (Wildman–Crippen LogP) is 5.19. The van der Waals surface area contributed by atoms with E-state index >= 15 is 0 Å². The van der Waals surface area contributed by atoms with Crippen LogP contribution in [-0.4, -0.2) is 5.29 Å². The molecule has 0 radical (unpaired) electrons. The second-order valence-corrected chi connectivity index (χ2v) is 6.68. The van der Waals surface area contributed by atoms with Gasteiger partial charge < -0.3 is 5.32 Å². The molecule has 0 saturated carbocycles. The largest absolute Gasteiger partial charge is 0.329 e. The molecule has 1 aliphatic heterocycles. The number of halogens is 1. The van der Waals surface area contributed by atoms with Crippen LogP contribution in [0.5, 0.6) is 0 Å². The Morgan fingerprint density at radius 3 is 2.57 bits per heavy atom. The molecule has 4 rings (SSSR count). The van der Waals surface area contributed by atoms with E-state index in [2.05, 4.69) is 48.6 Å². The van der Waals surface area contributed by atoms with Gasteiger partial charge in [-0.1, -0.05) is 48.5 Å². The first-order valence-electron chi connectivity index (χ1n) is 6.78. The molecule has 3 aromatic rings. The number of hydrogen-bond acceptors (Lipinski definition) is 3. The smallest absolute Gasteiger partial charge is 0.197 e. The zero-order valence-corrected chi connectivity index (χ0v) is 13.0. The third-order valence-electron chi connectivity index (χ3n) is 3.92. The van der Waals surface area contributed by atoms with E-state index in [9.17, 15) is 0 Å². The van der Waals surface area contributed by atoms with E-state index in [1.165, 1.54) is 15.0 Å². The summed E-state index contributed by atoms with van der Waals surface area (Å²) in [7, 11) is 0. The van der Waals surface area contributed by atoms with Crippen molar-refractivity contribution in [2.45, 2.75) is 12.5 Å². The van der Waals surface area contributed by atoms with E-state index in [0.717, 1.165) is 11.3 Å². The van der Waals surface area contributed by atoms with Crippen molar-refractivity contribution in [2.75, 3.05) is 5.32 Å². The van der Waals surface area contributed by atoms with E-state index in [-0.39, 0.29) is 0 Å². The van der Waals surface area contributed by atoms with Gasteiger partial charge in [0.25, 0.3) is 0 Å². The Morgan fingerprint density at radius 1 is 1.05 bits per heavy atom. The van der Waals surface area contributed by atoms with Crippen LogP contribution in [0, 0.1) is 0 Å². The fourth-order valence-electron chi connectivity index (χ4n) is 2.85. The molecule has 21 heavy (non-hydrogen) atoms. The van der Waals surface area contributed by atoms with Gasteiger partial charge in [-0.15, -0.1) is 11.3 Å². The number of nitrogens with one attached hydrogen (secondary N) is 1. The van der Waals surface area contributed by atoms with Crippen LogP contribution in [0.3, 0.4) is 0 Å². The van der Waals surface area contributed by atoms with Crippen molar-refractivity contribution in [3.63, 3.8) is 0 Å². The lowest BCUT2D eigenvalue weighted by atomic mass is 9.89. The lowest BCUT2D eigenvalue weighted by Crippen LogP contribution is -2.28.